The van der Waals surface area contributed by atoms with Gasteiger partial charge in [0.05, 0.1) is 0 Å². The molecular weight excluding hydrogens is 272 g/mol. The summed E-state index contributed by atoms with van der Waals surface area (Å²) in [6.07, 6.45) is 6.10. The normalized spacial score (nSPS) is 26.1. The molecule has 2 saturated heterocycles. The standard InChI is InChI=1S/C12H23ClN2O2S/c13-11-12-5-9-15(10-6-12)18(16,17)14-7-3-1-2-4-8-14/h12H,1-11H2. The molecule has 0 bridgehead atoms. The van der Waals surface area contributed by atoms with Gasteiger partial charge in [0.15, 0.2) is 0 Å². The molecule has 2 rings (SSSR count). The molecule has 0 spiro atoms. The van der Waals surface area contributed by atoms with E-state index in [1.54, 1.807) is 8.61 Å². The Bertz CT molecular complexity index is 345. The van der Waals surface area contributed by atoms with Crippen molar-refractivity contribution in [2.24, 2.45) is 5.92 Å². The Labute approximate surface area is 115 Å². The molecule has 0 aromatic carbocycles. The van der Waals surface area contributed by atoms with Gasteiger partial charge in [-0.1, -0.05) is 12.8 Å². The molecule has 2 heterocycles. The summed E-state index contributed by atoms with van der Waals surface area (Å²) in [7, 11) is -3.22. The van der Waals surface area contributed by atoms with E-state index in [2.05, 4.69) is 0 Å². The molecule has 0 N–H and O–H groups in total. The zero-order valence-electron chi connectivity index (χ0n) is 10.9. The molecule has 18 heavy (non-hydrogen) atoms. The third kappa shape index (κ3) is 3.38. The number of hydrogen-bond acceptors (Lipinski definition) is 2. The second-order valence-corrected chi connectivity index (χ2v) is 7.55. The van der Waals surface area contributed by atoms with E-state index in [9.17, 15) is 8.42 Å². The molecule has 4 nitrogen and oxygen atoms in total. The molecule has 0 saturated carbocycles. The lowest BCUT2D eigenvalue weighted by molar-refractivity contribution is 0.266. The minimum absolute atomic E-state index is 0.488. The SMILES string of the molecule is O=S(=O)(N1CCCCCC1)N1CCC(CCl)CC1. The Morgan fingerprint density at radius 1 is 0.889 bits per heavy atom. The first-order valence-corrected chi connectivity index (χ1v) is 8.89. The molecule has 6 heteroatoms. The van der Waals surface area contributed by atoms with Crippen LogP contribution in [0.3, 0.4) is 0 Å². The number of hydrogen-bond donors (Lipinski definition) is 0. The highest BCUT2D eigenvalue weighted by molar-refractivity contribution is 7.86. The molecule has 0 unspecified atom stereocenters. The van der Waals surface area contributed by atoms with Crippen LogP contribution < -0.4 is 0 Å². The van der Waals surface area contributed by atoms with Crippen molar-refractivity contribution in [1.82, 2.24) is 8.61 Å². The summed E-state index contributed by atoms with van der Waals surface area (Å²) in [6, 6.07) is 0. The van der Waals surface area contributed by atoms with Crippen LogP contribution in [0.25, 0.3) is 0 Å². The van der Waals surface area contributed by atoms with Crippen LogP contribution in [-0.4, -0.2) is 49.1 Å². The molecule has 106 valence electrons. The number of halogens is 1. The predicted molar refractivity (Wildman–Crippen MR) is 74.0 cm³/mol. The highest BCUT2D eigenvalue weighted by Gasteiger charge is 2.32. The maximum absolute atomic E-state index is 12.5. The minimum Gasteiger partial charge on any atom is -0.195 e. The van der Waals surface area contributed by atoms with E-state index in [-0.39, 0.29) is 0 Å². The first kappa shape index (κ1) is 14.6. The lowest BCUT2D eigenvalue weighted by Crippen LogP contribution is -2.47. The van der Waals surface area contributed by atoms with Gasteiger partial charge in [-0.15, -0.1) is 11.6 Å². The molecular formula is C12H23ClN2O2S. The van der Waals surface area contributed by atoms with Crippen molar-refractivity contribution in [1.29, 1.82) is 0 Å². The van der Waals surface area contributed by atoms with Crippen LogP contribution in [-0.2, 0) is 10.2 Å². The Kier molecular flexibility index (Phi) is 5.30. The average Bonchev–Trinajstić information content (AvgIpc) is 2.68. The topological polar surface area (TPSA) is 40.6 Å². The molecule has 0 aromatic rings. The summed E-state index contributed by atoms with van der Waals surface area (Å²) in [5, 5.41) is 0. The zero-order chi connectivity index (χ0) is 13.0. The monoisotopic (exact) mass is 294 g/mol. The van der Waals surface area contributed by atoms with Gasteiger partial charge in [0.1, 0.15) is 0 Å². The lowest BCUT2D eigenvalue weighted by atomic mass is 10.0. The summed E-state index contributed by atoms with van der Waals surface area (Å²) in [5.41, 5.74) is 0. The van der Waals surface area contributed by atoms with Crippen molar-refractivity contribution in [3.63, 3.8) is 0 Å². The van der Waals surface area contributed by atoms with E-state index in [4.69, 9.17) is 11.6 Å². The maximum Gasteiger partial charge on any atom is 0.281 e. The van der Waals surface area contributed by atoms with Gasteiger partial charge in [0, 0.05) is 32.1 Å². The predicted octanol–water partition coefficient (Wildman–Crippen LogP) is 2.06. The zero-order valence-corrected chi connectivity index (χ0v) is 12.4. The van der Waals surface area contributed by atoms with Crippen molar-refractivity contribution < 1.29 is 8.42 Å². The van der Waals surface area contributed by atoms with Crippen molar-refractivity contribution in [2.75, 3.05) is 32.1 Å². The summed E-state index contributed by atoms with van der Waals surface area (Å²) in [4.78, 5) is 0. The van der Waals surface area contributed by atoms with Crippen molar-refractivity contribution in [2.45, 2.75) is 38.5 Å². The largest absolute Gasteiger partial charge is 0.281 e. The van der Waals surface area contributed by atoms with E-state index in [0.717, 1.165) is 38.5 Å². The van der Waals surface area contributed by atoms with Crippen LogP contribution >= 0.6 is 11.6 Å². The highest BCUT2D eigenvalue weighted by atomic mass is 35.5. The van der Waals surface area contributed by atoms with Gasteiger partial charge in [-0.05, 0) is 31.6 Å². The van der Waals surface area contributed by atoms with E-state index in [1.807, 2.05) is 0 Å². The molecule has 2 fully saturated rings. The van der Waals surface area contributed by atoms with Crippen molar-refractivity contribution in [3.8, 4) is 0 Å². The fourth-order valence-corrected chi connectivity index (χ4v) is 4.76. The summed E-state index contributed by atoms with van der Waals surface area (Å²) < 4.78 is 28.4. The fourth-order valence-electron chi connectivity index (χ4n) is 2.73. The van der Waals surface area contributed by atoms with Crippen LogP contribution in [0.1, 0.15) is 38.5 Å². The van der Waals surface area contributed by atoms with Crippen molar-refractivity contribution in [3.05, 3.63) is 0 Å². The molecule has 0 radical (unpaired) electrons. The smallest absolute Gasteiger partial charge is 0.195 e. The summed E-state index contributed by atoms with van der Waals surface area (Å²) in [5.74, 6) is 1.14. The molecule has 0 aliphatic carbocycles. The number of alkyl halides is 1. The van der Waals surface area contributed by atoms with E-state index < -0.39 is 10.2 Å². The van der Waals surface area contributed by atoms with Gasteiger partial charge in [0.25, 0.3) is 10.2 Å². The van der Waals surface area contributed by atoms with Crippen LogP contribution in [0.4, 0.5) is 0 Å². The molecule has 0 amide bonds. The van der Waals surface area contributed by atoms with Crippen LogP contribution in [0.2, 0.25) is 0 Å². The third-order valence-electron chi connectivity index (χ3n) is 4.01. The maximum atomic E-state index is 12.5. The molecule has 0 atom stereocenters. The van der Waals surface area contributed by atoms with E-state index in [1.165, 1.54) is 0 Å². The first-order chi connectivity index (χ1) is 8.64. The number of piperidine rings is 1. The van der Waals surface area contributed by atoms with Gasteiger partial charge in [-0.3, -0.25) is 0 Å². The Hall–Kier alpha value is 0.160. The van der Waals surface area contributed by atoms with Crippen LogP contribution in [0.5, 0.6) is 0 Å². The van der Waals surface area contributed by atoms with Gasteiger partial charge in [0.2, 0.25) is 0 Å². The first-order valence-electron chi connectivity index (χ1n) is 6.96. The fraction of sp³-hybridized carbons (Fsp3) is 1.00. The Balaban J connectivity index is 1.97. The quantitative estimate of drug-likeness (QED) is 0.748. The molecule has 2 aliphatic rings. The Morgan fingerprint density at radius 3 is 1.89 bits per heavy atom. The Morgan fingerprint density at radius 2 is 1.39 bits per heavy atom. The third-order valence-corrected chi connectivity index (χ3v) is 6.48. The van der Waals surface area contributed by atoms with Gasteiger partial charge in [-0.2, -0.15) is 17.0 Å². The van der Waals surface area contributed by atoms with Gasteiger partial charge >= 0.3 is 0 Å². The lowest BCUT2D eigenvalue weighted by Gasteiger charge is -2.34. The highest BCUT2D eigenvalue weighted by Crippen LogP contribution is 2.23. The summed E-state index contributed by atoms with van der Waals surface area (Å²) in [6.45, 7) is 2.65. The van der Waals surface area contributed by atoms with E-state index >= 15 is 0 Å². The molecule has 2 aliphatic heterocycles. The van der Waals surface area contributed by atoms with E-state index in [0.29, 0.717) is 38.0 Å². The second kappa shape index (κ2) is 6.55. The average molecular weight is 295 g/mol. The van der Waals surface area contributed by atoms with Crippen LogP contribution in [0, 0.1) is 5.92 Å². The minimum atomic E-state index is -3.22. The second-order valence-electron chi connectivity index (χ2n) is 5.32. The van der Waals surface area contributed by atoms with Crippen molar-refractivity contribution >= 4 is 21.8 Å². The van der Waals surface area contributed by atoms with Crippen LogP contribution in [0.15, 0.2) is 0 Å². The van der Waals surface area contributed by atoms with Gasteiger partial charge < -0.3 is 0 Å². The number of rotatable bonds is 3. The number of nitrogens with zero attached hydrogens (tertiary/aromatic N) is 2. The summed E-state index contributed by atoms with van der Waals surface area (Å²) >= 11 is 5.83. The van der Waals surface area contributed by atoms with Gasteiger partial charge in [-0.25, -0.2) is 0 Å². The molecule has 0 aromatic heterocycles.